The molecular formula is C40H46BrK2NO11. The Morgan fingerprint density at radius 1 is 0.800 bits per heavy atom. The van der Waals surface area contributed by atoms with Crippen LogP contribution in [0.5, 0.6) is 0 Å². The SMILES string of the molecule is C#CCBr.C#CCN1C2CCC1C(C(=O)OC)C(OC(=O)c1ccccc1)C2.COC(=O)C1C2CCC(C2)CC1OC(=O)c1ccccc1.O=CO[O-].[H-].[K+].[K+]. The quantitative estimate of drug-likeness (QED) is 0.0432. The van der Waals surface area contributed by atoms with Crippen molar-refractivity contribution in [2.24, 2.45) is 23.7 Å². The molecule has 4 aliphatic rings. The molecule has 2 aromatic rings. The van der Waals surface area contributed by atoms with E-state index in [0.29, 0.717) is 41.3 Å². The molecule has 4 bridgehead atoms. The molecule has 2 aliphatic carbocycles. The van der Waals surface area contributed by atoms with E-state index < -0.39 is 18.0 Å². The van der Waals surface area contributed by atoms with E-state index in [2.05, 4.69) is 37.6 Å². The molecule has 0 aromatic heterocycles. The monoisotopic (exact) mass is 873 g/mol. The Hall–Kier alpha value is -1.42. The van der Waals surface area contributed by atoms with Crippen LogP contribution in [-0.2, 0) is 38.2 Å². The van der Waals surface area contributed by atoms with E-state index in [1.54, 1.807) is 48.5 Å². The first-order valence-electron chi connectivity index (χ1n) is 17.3. The summed E-state index contributed by atoms with van der Waals surface area (Å²) in [6, 6.07) is 18.0. The molecule has 0 amide bonds. The molecule has 55 heavy (non-hydrogen) atoms. The number of ether oxygens (including phenoxy) is 4. The van der Waals surface area contributed by atoms with E-state index in [1.165, 1.54) is 14.2 Å². The summed E-state index contributed by atoms with van der Waals surface area (Å²) < 4.78 is 21.3. The number of rotatable bonds is 8. The largest absolute Gasteiger partial charge is 1.00 e. The molecule has 2 saturated heterocycles. The summed E-state index contributed by atoms with van der Waals surface area (Å²) in [5.41, 5.74) is 1.01. The fourth-order valence-corrected chi connectivity index (χ4v) is 7.78. The minimum atomic E-state index is -0.491. The molecule has 2 heterocycles. The zero-order chi connectivity index (χ0) is 38.8. The number of nitrogens with zero attached hydrogens (tertiary/aromatic N) is 1. The number of carbonyl (C=O) groups is 5. The Bertz CT molecular complexity index is 1590. The van der Waals surface area contributed by atoms with Crippen LogP contribution >= 0.6 is 15.9 Å². The van der Waals surface area contributed by atoms with Gasteiger partial charge in [0, 0.05) is 18.5 Å². The molecule has 2 aromatic carbocycles. The maximum atomic E-state index is 12.4. The second-order valence-corrected chi connectivity index (χ2v) is 13.4. The average Bonchev–Trinajstić information content (AvgIpc) is 3.71. The molecule has 2 aliphatic heterocycles. The van der Waals surface area contributed by atoms with Crippen LogP contribution in [-0.4, -0.2) is 85.6 Å². The zero-order valence-electron chi connectivity index (χ0n) is 32.8. The van der Waals surface area contributed by atoms with Crippen molar-refractivity contribution in [2.75, 3.05) is 26.1 Å². The molecular weight excluding hydrogens is 829 g/mol. The van der Waals surface area contributed by atoms with E-state index in [9.17, 15) is 19.2 Å². The number of terminal acetylenes is 2. The van der Waals surface area contributed by atoms with Crippen LogP contribution in [0.2, 0.25) is 0 Å². The molecule has 8 atom stereocenters. The molecule has 2 saturated carbocycles. The smallest absolute Gasteiger partial charge is 1.00 e. The van der Waals surface area contributed by atoms with Gasteiger partial charge in [-0.05, 0) is 68.2 Å². The molecule has 0 spiro atoms. The average molecular weight is 875 g/mol. The van der Waals surface area contributed by atoms with Crippen molar-refractivity contribution in [3.8, 4) is 24.7 Å². The Morgan fingerprint density at radius 3 is 1.75 bits per heavy atom. The Balaban J connectivity index is 0.000000872. The fraction of sp³-hybridized carbons (Fsp3) is 0.475. The predicted molar refractivity (Wildman–Crippen MR) is 196 cm³/mol. The molecule has 0 radical (unpaired) electrons. The van der Waals surface area contributed by atoms with Crippen molar-refractivity contribution in [1.82, 2.24) is 4.90 Å². The molecule has 286 valence electrons. The van der Waals surface area contributed by atoms with Crippen LogP contribution in [0.25, 0.3) is 0 Å². The van der Waals surface area contributed by atoms with Crippen molar-refractivity contribution in [2.45, 2.75) is 69.2 Å². The van der Waals surface area contributed by atoms with E-state index in [0.717, 1.165) is 38.5 Å². The molecule has 15 heteroatoms. The van der Waals surface area contributed by atoms with Crippen molar-refractivity contribution in [1.29, 1.82) is 0 Å². The van der Waals surface area contributed by atoms with Crippen molar-refractivity contribution < 1.29 is 157 Å². The van der Waals surface area contributed by atoms with Crippen LogP contribution in [0.4, 0.5) is 0 Å². The number of benzene rings is 2. The van der Waals surface area contributed by atoms with Gasteiger partial charge >= 0.3 is 127 Å². The minimum Gasteiger partial charge on any atom is -1.00 e. The number of methoxy groups -OCH3 is 2. The third-order valence-electron chi connectivity index (χ3n) is 9.94. The number of hydrogen-bond acceptors (Lipinski definition) is 12. The van der Waals surface area contributed by atoms with Gasteiger partial charge in [-0.15, -0.1) is 12.8 Å². The van der Waals surface area contributed by atoms with Gasteiger partial charge in [-0.3, -0.25) is 19.3 Å². The van der Waals surface area contributed by atoms with E-state index in [4.69, 9.17) is 41.8 Å². The Morgan fingerprint density at radius 2 is 1.29 bits per heavy atom. The standard InChI is InChI=1S/C19H21NO4.C17H20O4.C3H3Br.CH2O3.2K.H/c1-3-11-20-14-9-10-15(20)17(19(22)23-2)16(12-14)24-18(21)13-7-5-4-6-8-13;1-20-17(19)15-13-8-7-11(9-13)10-14(15)21-16(18)12-5-3-2-4-6-12;1-2-3-4;2-1-4-3;;;/h1,4-8,14-17H,9-12H2,2H3;2-6,11,13-15H,7-10H2,1H3;1H,3H2;1,3H;;;/q;;;;2*+1;-1/p-1. The summed E-state index contributed by atoms with van der Waals surface area (Å²) in [4.78, 5) is 62.5. The van der Waals surface area contributed by atoms with Gasteiger partial charge in [0.15, 0.2) is 0 Å². The predicted octanol–water partition coefficient (Wildman–Crippen LogP) is -1.74. The van der Waals surface area contributed by atoms with Gasteiger partial charge in [-0.25, -0.2) is 9.59 Å². The first kappa shape index (κ1) is 51.6. The minimum absolute atomic E-state index is 0. The first-order valence-corrected chi connectivity index (χ1v) is 18.4. The molecule has 6 rings (SSSR count). The van der Waals surface area contributed by atoms with Gasteiger partial charge in [0.25, 0.3) is 6.47 Å². The number of halogens is 1. The second kappa shape index (κ2) is 28.1. The fourth-order valence-electron chi connectivity index (χ4n) is 7.78. The summed E-state index contributed by atoms with van der Waals surface area (Å²) in [5.74, 6) is 3.75. The van der Waals surface area contributed by atoms with Crippen molar-refractivity contribution >= 4 is 46.3 Å². The number of esters is 4. The van der Waals surface area contributed by atoms with Gasteiger partial charge in [0.1, 0.15) is 18.1 Å². The molecule has 12 nitrogen and oxygen atoms in total. The number of carbonyl (C=O) groups excluding carboxylic acids is 5. The second-order valence-electron chi connectivity index (χ2n) is 12.8. The van der Waals surface area contributed by atoms with Crippen LogP contribution in [0.1, 0.15) is 67.1 Å². The number of alkyl halides is 1. The number of fused-ring (bicyclic) bond motifs is 4. The van der Waals surface area contributed by atoms with Crippen molar-refractivity contribution in [3.05, 3.63) is 71.8 Å². The third kappa shape index (κ3) is 15.4. The number of hydrogen-bond donors (Lipinski definition) is 0. The van der Waals surface area contributed by atoms with Gasteiger partial charge in [0.2, 0.25) is 0 Å². The van der Waals surface area contributed by atoms with Gasteiger partial charge in [-0.2, -0.15) is 0 Å². The van der Waals surface area contributed by atoms with E-state index in [1.807, 2.05) is 12.1 Å². The summed E-state index contributed by atoms with van der Waals surface area (Å²) in [7, 11) is 2.77. The van der Waals surface area contributed by atoms with E-state index in [-0.39, 0.29) is 153 Å². The summed E-state index contributed by atoms with van der Waals surface area (Å²) in [6.45, 7) is 0.322. The number of piperidine rings is 1. The van der Waals surface area contributed by atoms with Gasteiger partial charge in [0.05, 0.1) is 43.1 Å². The first-order chi connectivity index (χ1) is 25.7. The topological polar surface area (TPSA) is 158 Å². The summed E-state index contributed by atoms with van der Waals surface area (Å²) in [6.07, 6.45) is 15.8. The van der Waals surface area contributed by atoms with E-state index >= 15 is 0 Å². The molecule has 4 fully saturated rings. The third-order valence-corrected chi connectivity index (χ3v) is 10.3. The van der Waals surface area contributed by atoms with Crippen LogP contribution in [0.3, 0.4) is 0 Å². The maximum absolute atomic E-state index is 12.4. The zero-order valence-corrected chi connectivity index (χ0v) is 39.6. The van der Waals surface area contributed by atoms with Crippen molar-refractivity contribution in [3.63, 3.8) is 0 Å². The normalized spacial score (nSPS) is 25.1. The Kier molecular flexibility index (Phi) is 26.3. The maximum Gasteiger partial charge on any atom is 1.00 e. The van der Waals surface area contributed by atoms with Gasteiger partial charge in [-0.1, -0.05) is 70.6 Å². The molecule has 0 N–H and O–H groups in total. The van der Waals surface area contributed by atoms with Gasteiger partial charge < -0.3 is 30.5 Å². The van der Waals surface area contributed by atoms with Crippen LogP contribution in [0.15, 0.2) is 60.7 Å². The Labute approximate surface area is 418 Å². The van der Waals surface area contributed by atoms with Crippen LogP contribution in [0, 0.1) is 48.4 Å². The summed E-state index contributed by atoms with van der Waals surface area (Å²) >= 11 is 3.01. The summed E-state index contributed by atoms with van der Waals surface area (Å²) in [5, 5.41) is 9.09. The molecule has 8 unspecified atom stereocenters. The van der Waals surface area contributed by atoms with Crippen LogP contribution < -0.4 is 108 Å².